The quantitative estimate of drug-likeness (QED) is 0.655. The van der Waals surface area contributed by atoms with Crippen LogP contribution in [-0.4, -0.2) is 41.7 Å². The molecule has 2 rings (SSSR count). The van der Waals surface area contributed by atoms with Crippen LogP contribution in [-0.2, 0) is 14.3 Å². The maximum absolute atomic E-state index is 12.3. The Morgan fingerprint density at radius 2 is 1.86 bits per heavy atom. The molecule has 0 radical (unpaired) electrons. The summed E-state index contributed by atoms with van der Waals surface area (Å²) in [4.78, 5) is 38.9. The predicted molar refractivity (Wildman–Crippen MR) is 102 cm³/mol. The summed E-state index contributed by atoms with van der Waals surface area (Å²) in [5.41, 5.74) is 3.54. The highest BCUT2D eigenvalue weighted by Gasteiger charge is 2.21. The Labute approximate surface area is 162 Å². The lowest BCUT2D eigenvalue weighted by molar-refractivity contribution is -0.119. The Kier molecular flexibility index (Phi) is 6.58. The van der Waals surface area contributed by atoms with E-state index in [0.717, 1.165) is 5.56 Å². The van der Waals surface area contributed by atoms with Gasteiger partial charge >= 0.3 is 11.9 Å². The Balaban J connectivity index is 2.04. The lowest BCUT2D eigenvalue weighted by Gasteiger charge is -2.10. The minimum Gasteiger partial charge on any atom is -0.465 e. The molecule has 0 aliphatic heterocycles. The van der Waals surface area contributed by atoms with Gasteiger partial charge in [-0.15, -0.1) is 0 Å². The fourth-order valence-corrected chi connectivity index (χ4v) is 2.99. The van der Waals surface area contributed by atoms with E-state index >= 15 is 0 Å². The first-order valence-corrected chi connectivity index (χ1v) is 8.68. The zero-order valence-corrected chi connectivity index (χ0v) is 16.5. The highest BCUT2D eigenvalue weighted by molar-refractivity contribution is 5.97. The van der Waals surface area contributed by atoms with Crippen molar-refractivity contribution in [3.8, 4) is 0 Å². The average molecular weight is 388 g/mol. The largest absolute Gasteiger partial charge is 0.465 e. The smallest absolute Gasteiger partial charge is 0.355 e. The van der Waals surface area contributed by atoms with E-state index in [4.69, 9.17) is 4.74 Å². The van der Waals surface area contributed by atoms with Crippen LogP contribution in [0, 0.1) is 20.8 Å². The number of aromatic amines is 1. The summed E-state index contributed by atoms with van der Waals surface area (Å²) in [7, 11) is 1.27. The van der Waals surface area contributed by atoms with E-state index < -0.39 is 30.6 Å². The van der Waals surface area contributed by atoms with Gasteiger partial charge in [-0.05, 0) is 51.0 Å². The number of carbonyl (C=O) groups is 3. The first-order valence-electron chi connectivity index (χ1n) is 8.68. The van der Waals surface area contributed by atoms with Crippen molar-refractivity contribution in [3.05, 3.63) is 51.8 Å². The Morgan fingerprint density at radius 3 is 2.43 bits per heavy atom. The first-order chi connectivity index (χ1) is 13.1. The molecule has 0 saturated heterocycles. The van der Waals surface area contributed by atoms with Gasteiger partial charge in [0.05, 0.1) is 18.8 Å². The van der Waals surface area contributed by atoms with Crippen molar-refractivity contribution < 1.29 is 29.0 Å². The molecule has 1 amide bonds. The van der Waals surface area contributed by atoms with E-state index in [0.29, 0.717) is 28.1 Å². The number of carbonyl (C=O) groups excluding carboxylic acids is 3. The molecule has 0 unspecified atom stereocenters. The lowest BCUT2D eigenvalue weighted by Crippen LogP contribution is -2.22. The van der Waals surface area contributed by atoms with Crippen LogP contribution in [0.25, 0.3) is 0 Å². The number of ether oxygens (including phenoxy) is 2. The number of anilines is 1. The molecule has 0 spiro atoms. The fourth-order valence-electron chi connectivity index (χ4n) is 2.99. The van der Waals surface area contributed by atoms with Crippen LogP contribution in [0.4, 0.5) is 5.69 Å². The molecule has 3 N–H and O–H groups in total. The van der Waals surface area contributed by atoms with Gasteiger partial charge in [-0.3, -0.25) is 4.79 Å². The number of hydrogen-bond donors (Lipinski definition) is 3. The average Bonchev–Trinajstić information content (AvgIpc) is 2.95. The molecule has 1 atom stereocenters. The molecule has 28 heavy (non-hydrogen) atoms. The second-order valence-electron chi connectivity index (χ2n) is 6.49. The van der Waals surface area contributed by atoms with Crippen molar-refractivity contribution in [2.24, 2.45) is 0 Å². The third kappa shape index (κ3) is 4.58. The van der Waals surface area contributed by atoms with Crippen LogP contribution in [0.3, 0.4) is 0 Å². The fraction of sp³-hybridized carbons (Fsp3) is 0.350. The number of rotatable bonds is 6. The number of benzene rings is 1. The highest BCUT2D eigenvalue weighted by Crippen LogP contribution is 2.25. The zero-order chi connectivity index (χ0) is 21.0. The van der Waals surface area contributed by atoms with Crippen LogP contribution in [0.1, 0.15) is 56.3 Å². The topological polar surface area (TPSA) is 118 Å². The SMILES string of the molecule is COC(=O)c1ccc(C)c(NC(=O)COC(=O)c2[nH]c(C)c([C@H](C)O)c2C)c1. The number of aromatic nitrogens is 1. The van der Waals surface area contributed by atoms with Crippen molar-refractivity contribution in [3.63, 3.8) is 0 Å². The lowest BCUT2D eigenvalue weighted by atomic mass is 10.1. The van der Waals surface area contributed by atoms with Crippen LogP contribution in [0.2, 0.25) is 0 Å². The molecule has 0 bridgehead atoms. The summed E-state index contributed by atoms with van der Waals surface area (Å²) in [6.07, 6.45) is -0.730. The summed E-state index contributed by atoms with van der Waals surface area (Å²) >= 11 is 0. The Hall–Kier alpha value is -3.13. The maximum atomic E-state index is 12.3. The minimum atomic E-state index is -0.730. The number of esters is 2. The van der Waals surface area contributed by atoms with E-state index in [2.05, 4.69) is 15.0 Å². The Bertz CT molecular complexity index is 914. The highest BCUT2D eigenvalue weighted by atomic mass is 16.5. The molecule has 1 aromatic heterocycles. The summed E-state index contributed by atoms with van der Waals surface area (Å²) < 4.78 is 9.74. The van der Waals surface area contributed by atoms with E-state index in [1.165, 1.54) is 13.2 Å². The summed E-state index contributed by atoms with van der Waals surface area (Å²) in [5, 5.41) is 12.4. The van der Waals surface area contributed by atoms with Crippen molar-refractivity contribution in [2.75, 3.05) is 19.0 Å². The minimum absolute atomic E-state index is 0.199. The normalized spacial score (nSPS) is 11.6. The molecular formula is C20H24N2O6. The number of hydrogen-bond acceptors (Lipinski definition) is 6. The molecule has 0 fully saturated rings. The van der Waals surface area contributed by atoms with Gasteiger partial charge in [-0.25, -0.2) is 9.59 Å². The predicted octanol–water partition coefficient (Wildman–Crippen LogP) is 2.58. The first kappa shape index (κ1) is 21.2. The molecule has 2 aromatic rings. The Morgan fingerprint density at radius 1 is 1.18 bits per heavy atom. The van der Waals surface area contributed by atoms with Crippen molar-refractivity contribution in [1.82, 2.24) is 4.98 Å². The zero-order valence-electron chi connectivity index (χ0n) is 16.5. The number of aliphatic hydroxyl groups excluding tert-OH is 1. The van der Waals surface area contributed by atoms with Gasteiger partial charge in [0.25, 0.3) is 5.91 Å². The van der Waals surface area contributed by atoms with Crippen LogP contribution in [0.15, 0.2) is 18.2 Å². The summed E-state index contributed by atoms with van der Waals surface area (Å²) in [5.74, 6) is -1.76. The summed E-state index contributed by atoms with van der Waals surface area (Å²) in [6, 6.07) is 4.76. The molecule has 8 nitrogen and oxygen atoms in total. The van der Waals surface area contributed by atoms with E-state index in [1.807, 2.05) is 0 Å². The monoisotopic (exact) mass is 388 g/mol. The number of aliphatic hydroxyl groups is 1. The third-order valence-corrected chi connectivity index (χ3v) is 4.38. The van der Waals surface area contributed by atoms with Gasteiger partial charge in [0, 0.05) is 16.9 Å². The molecule has 1 heterocycles. The molecular weight excluding hydrogens is 364 g/mol. The van der Waals surface area contributed by atoms with Gasteiger partial charge < -0.3 is 24.9 Å². The van der Waals surface area contributed by atoms with Gasteiger partial charge in [-0.1, -0.05) is 6.07 Å². The van der Waals surface area contributed by atoms with E-state index in [-0.39, 0.29) is 5.69 Å². The van der Waals surface area contributed by atoms with Gasteiger partial charge in [0.1, 0.15) is 5.69 Å². The van der Waals surface area contributed by atoms with Crippen molar-refractivity contribution in [2.45, 2.75) is 33.8 Å². The number of aryl methyl sites for hydroxylation is 2. The van der Waals surface area contributed by atoms with Crippen molar-refractivity contribution >= 4 is 23.5 Å². The number of methoxy groups -OCH3 is 1. The van der Waals surface area contributed by atoms with Crippen LogP contribution in [0.5, 0.6) is 0 Å². The molecule has 8 heteroatoms. The van der Waals surface area contributed by atoms with Crippen LogP contribution < -0.4 is 5.32 Å². The molecule has 0 aliphatic carbocycles. The second-order valence-corrected chi connectivity index (χ2v) is 6.49. The standard InChI is InChI=1S/C20H24N2O6/c1-10-6-7-14(19(25)27-5)8-15(10)22-16(24)9-28-20(26)18-11(2)17(13(4)23)12(3)21-18/h6-8,13,21,23H,9H2,1-5H3,(H,22,24)/t13-/m0/s1. The second kappa shape index (κ2) is 8.71. The van der Waals surface area contributed by atoms with Gasteiger partial charge in [0.2, 0.25) is 0 Å². The van der Waals surface area contributed by atoms with Crippen molar-refractivity contribution in [1.29, 1.82) is 0 Å². The third-order valence-electron chi connectivity index (χ3n) is 4.38. The molecule has 0 saturated carbocycles. The van der Waals surface area contributed by atoms with E-state index in [1.54, 1.807) is 39.8 Å². The number of amides is 1. The number of H-pyrrole nitrogens is 1. The maximum Gasteiger partial charge on any atom is 0.355 e. The van der Waals surface area contributed by atoms with Crippen LogP contribution >= 0.6 is 0 Å². The van der Waals surface area contributed by atoms with E-state index in [9.17, 15) is 19.5 Å². The van der Waals surface area contributed by atoms with Gasteiger partial charge in [-0.2, -0.15) is 0 Å². The molecule has 1 aromatic carbocycles. The molecule has 0 aliphatic rings. The molecule has 150 valence electrons. The van der Waals surface area contributed by atoms with Gasteiger partial charge in [0.15, 0.2) is 6.61 Å². The summed E-state index contributed by atoms with van der Waals surface area (Å²) in [6.45, 7) is 6.32. The number of nitrogens with one attached hydrogen (secondary N) is 2.